The number of urea groups is 1. The fourth-order valence-corrected chi connectivity index (χ4v) is 4.64. The van der Waals surface area contributed by atoms with Crippen molar-refractivity contribution >= 4 is 17.6 Å². The third kappa shape index (κ3) is 4.13. The number of para-hydroxylation sites is 2. The second-order valence-corrected chi connectivity index (χ2v) is 8.17. The van der Waals surface area contributed by atoms with Crippen LogP contribution in [0.15, 0.2) is 48.5 Å². The highest BCUT2D eigenvalue weighted by molar-refractivity contribution is 5.97. The van der Waals surface area contributed by atoms with Gasteiger partial charge in [-0.3, -0.25) is 4.79 Å². The first-order chi connectivity index (χ1) is 14.6. The van der Waals surface area contributed by atoms with Crippen molar-refractivity contribution in [1.29, 1.82) is 0 Å². The van der Waals surface area contributed by atoms with E-state index in [4.69, 9.17) is 4.74 Å². The summed E-state index contributed by atoms with van der Waals surface area (Å²) in [5, 5.41) is 5.92. The van der Waals surface area contributed by atoms with Gasteiger partial charge in [-0.2, -0.15) is 0 Å². The van der Waals surface area contributed by atoms with Crippen LogP contribution in [0.4, 0.5) is 10.5 Å². The van der Waals surface area contributed by atoms with E-state index in [1.54, 1.807) is 19.2 Å². The lowest BCUT2D eigenvalue weighted by Gasteiger charge is -2.41. The molecule has 2 N–H and O–H groups in total. The van der Waals surface area contributed by atoms with Gasteiger partial charge in [0, 0.05) is 13.1 Å². The second-order valence-electron chi connectivity index (χ2n) is 8.17. The molecule has 3 amide bonds. The molecule has 4 rings (SSSR count). The standard InChI is InChI=1S/C24H29N3O3/c1-30-21-12-6-5-11-20(21)25-23(29)26-24(14-7-2-8-15-24)22(28)27-16-13-18-9-3-4-10-19(18)17-27/h3-6,9-12H,2,7-8,13-17H2,1H3,(H2,25,26,29). The molecule has 6 nitrogen and oxygen atoms in total. The topological polar surface area (TPSA) is 70.7 Å². The Kier molecular flexibility index (Phi) is 5.93. The number of carbonyl (C=O) groups excluding carboxylic acids is 2. The predicted octanol–water partition coefficient (Wildman–Crippen LogP) is 4.10. The number of anilines is 1. The summed E-state index contributed by atoms with van der Waals surface area (Å²) in [6.07, 6.45) is 5.15. The molecule has 0 radical (unpaired) electrons. The number of ether oxygens (including phenoxy) is 1. The molecule has 2 aromatic rings. The van der Waals surface area contributed by atoms with E-state index in [0.717, 1.165) is 25.7 Å². The molecule has 2 aliphatic rings. The van der Waals surface area contributed by atoms with Crippen LogP contribution in [0, 0.1) is 0 Å². The SMILES string of the molecule is COc1ccccc1NC(=O)NC1(C(=O)N2CCc3ccccc3C2)CCCCC1. The van der Waals surface area contributed by atoms with E-state index in [-0.39, 0.29) is 11.9 Å². The highest BCUT2D eigenvalue weighted by atomic mass is 16.5. The normalized spacial score (nSPS) is 17.6. The van der Waals surface area contributed by atoms with Gasteiger partial charge in [0.2, 0.25) is 5.91 Å². The molecule has 2 aromatic carbocycles. The molecule has 6 heteroatoms. The van der Waals surface area contributed by atoms with E-state index in [1.165, 1.54) is 11.1 Å². The first-order valence-electron chi connectivity index (χ1n) is 10.7. The molecule has 0 saturated heterocycles. The highest BCUT2D eigenvalue weighted by Crippen LogP contribution is 2.32. The number of hydrogen-bond donors (Lipinski definition) is 2. The minimum absolute atomic E-state index is 0.0341. The van der Waals surface area contributed by atoms with Crippen LogP contribution in [0.25, 0.3) is 0 Å². The quantitative estimate of drug-likeness (QED) is 0.801. The third-order valence-electron chi connectivity index (χ3n) is 6.24. The molecule has 0 bridgehead atoms. The van der Waals surface area contributed by atoms with Crippen molar-refractivity contribution < 1.29 is 14.3 Å². The molecule has 1 aliphatic carbocycles. The summed E-state index contributed by atoms with van der Waals surface area (Å²) >= 11 is 0. The fourth-order valence-electron chi connectivity index (χ4n) is 4.64. The number of rotatable bonds is 4. The summed E-state index contributed by atoms with van der Waals surface area (Å²) in [6, 6.07) is 15.2. The Labute approximate surface area is 177 Å². The molecular weight excluding hydrogens is 378 g/mol. The molecule has 0 spiro atoms. The van der Waals surface area contributed by atoms with Crippen LogP contribution >= 0.6 is 0 Å². The summed E-state index contributed by atoms with van der Waals surface area (Å²) in [5.41, 5.74) is 2.24. The lowest BCUT2D eigenvalue weighted by atomic mass is 9.80. The van der Waals surface area contributed by atoms with Crippen molar-refractivity contribution in [3.8, 4) is 5.75 Å². The van der Waals surface area contributed by atoms with Crippen molar-refractivity contribution in [1.82, 2.24) is 10.2 Å². The van der Waals surface area contributed by atoms with Gasteiger partial charge in [-0.15, -0.1) is 0 Å². The summed E-state index contributed by atoms with van der Waals surface area (Å²) in [5.74, 6) is 0.621. The molecule has 158 valence electrons. The van der Waals surface area contributed by atoms with Gasteiger partial charge in [-0.05, 0) is 42.5 Å². The van der Waals surface area contributed by atoms with Gasteiger partial charge in [0.25, 0.3) is 0 Å². The van der Waals surface area contributed by atoms with Crippen molar-refractivity contribution in [3.05, 3.63) is 59.7 Å². The van der Waals surface area contributed by atoms with Crippen molar-refractivity contribution in [2.45, 2.75) is 50.6 Å². The van der Waals surface area contributed by atoms with E-state index in [0.29, 0.717) is 37.4 Å². The van der Waals surface area contributed by atoms with Crippen molar-refractivity contribution in [2.24, 2.45) is 0 Å². The summed E-state index contributed by atoms with van der Waals surface area (Å²) in [4.78, 5) is 28.5. The van der Waals surface area contributed by atoms with Gasteiger partial charge in [0.15, 0.2) is 0 Å². The van der Waals surface area contributed by atoms with Gasteiger partial charge in [-0.25, -0.2) is 4.79 Å². The summed E-state index contributed by atoms with van der Waals surface area (Å²) < 4.78 is 5.32. The summed E-state index contributed by atoms with van der Waals surface area (Å²) in [7, 11) is 1.57. The first kappa shape index (κ1) is 20.3. The minimum atomic E-state index is -0.851. The van der Waals surface area contributed by atoms with Crippen LogP contribution in [-0.2, 0) is 17.8 Å². The Hall–Kier alpha value is -3.02. The van der Waals surface area contributed by atoms with Gasteiger partial charge < -0.3 is 20.3 Å². The van der Waals surface area contributed by atoms with E-state index < -0.39 is 5.54 Å². The molecular formula is C24H29N3O3. The average Bonchev–Trinajstić information content (AvgIpc) is 2.79. The number of nitrogens with zero attached hydrogens (tertiary/aromatic N) is 1. The molecule has 1 heterocycles. The second kappa shape index (κ2) is 8.78. The lowest BCUT2D eigenvalue weighted by Crippen LogP contribution is -2.61. The monoisotopic (exact) mass is 407 g/mol. The Morgan fingerprint density at radius 2 is 1.67 bits per heavy atom. The molecule has 1 fully saturated rings. The maximum Gasteiger partial charge on any atom is 0.320 e. The zero-order valence-electron chi connectivity index (χ0n) is 17.4. The van der Waals surface area contributed by atoms with E-state index in [9.17, 15) is 9.59 Å². The van der Waals surface area contributed by atoms with Crippen LogP contribution in [-0.4, -0.2) is 36.0 Å². The molecule has 0 unspecified atom stereocenters. The minimum Gasteiger partial charge on any atom is -0.495 e. The van der Waals surface area contributed by atoms with E-state index in [1.807, 2.05) is 29.2 Å². The number of hydrogen-bond acceptors (Lipinski definition) is 3. The van der Waals surface area contributed by atoms with Crippen molar-refractivity contribution in [2.75, 3.05) is 19.0 Å². The lowest BCUT2D eigenvalue weighted by molar-refractivity contribution is -0.140. The Morgan fingerprint density at radius 3 is 2.43 bits per heavy atom. The number of nitrogens with one attached hydrogen (secondary N) is 2. The van der Waals surface area contributed by atoms with Gasteiger partial charge in [-0.1, -0.05) is 55.7 Å². The van der Waals surface area contributed by atoms with Crippen LogP contribution in [0.3, 0.4) is 0 Å². The maximum atomic E-state index is 13.7. The van der Waals surface area contributed by atoms with E-state index in [2.05, 4.69) is 22.8 Å². The molecule has 1 aliphatic heterocycles. The average molecular weight is 408 g/mol. The summed E-state index contributed by atoms with van der Waals surface area (Å²) in [6.45, 7) is 1.29. The Balaban J connectivity index is 1.51. The van der Waals surface area contributed by atoms with Crippen LogP contribution in [0.2, 0.25) is 0 Å². The molecule has 30 heavy (non-hydrogen) atoms. The van der Waals surface area contributed by atoms with Crippen LogP contribution < -0.4 is 15.4 Å². The van der Waals surface area contributed by atoms with E-state index >= 15 is 0 Å². The molecule has 1 saturated carbocycles. The van der Waals surface area contributed by atoms with Gasteiger partial charge in [0.1, 0.15) is 11.3 Å². The van der Waals surface area contributed by atoms with Crippen LogP contribution in [0.5, 0.6) is 5.75 Å². The Morgan fingerprint density at radius 1 is 0.967 bits per heavy atom. The predicted molar refractivity (Wildman–Crippen MR) is 117 cm³/mol. The zero-order chi connectivity index (χ0) is 21.0. The molecule has 0 aromatic heterocycles. The number of methoxy groups -OCH3 is 1. The maximum absolute atomic E-state index is 13.7. The van der Waals surface area contributed by atoms with Crippen LogP contribution in [0.1, 0.15) is 43.2 Å². The number of amides is 3. The molecule has 0 atom stereocenters. The largest absolute Gasteiger partial charge is 0.495 e. The first-order valence-corrected chi connectivity index (χ1v) is 10.7. The van der Waals surface area contributed by atoms with Gasteiger partial charge in [0.05, 0.1) is 12.8 Å². The Bertz CT molecular complexity index is 921. The highest BCUT2D eigenvalue weighted by Gasteiger charge is 2.44. The smallest absolute Gasteiger partial charge is 0.320 e. The fraction of sp³-hybridized carbons (Fsp3) is 0.417. The number of carbonyl (C=O) groups is 2. The number of fused-ring (bicyclic) bond motifs is 1. The van der Waals surface area contributed by atoms with Crippen molar-refractivity contribution in [3.63, 3.8) is 0 Å². The zero-order valence-corrected chi connectivity index (χ0v) is 17.4. The number of benzene rings is 2. The third-order valence-corrected chi connectivity index (χ3v) is 6.24. The van der Waals surface area contributed by atoms with Gasteiger partial charge >= 0.3 is 6.03 Å².